The van der Waals surface area contributed by atoms with Gasteiger partial charge in [0, 0.05) is 18.2 Å². The molecule has 2 rings (SSSR count). The molecule has 1 heterocycles. The molecule has 1 aromatic rings. The highest BCUT2D eigenvalue weighted by atomic mass is 15.1. The van der Waals surface area contributed by atoms with Gasteiger partial charge in [0.15, 0.2) is 0 Å². The van der Waals surface area contributed by atoms with Crippen molar-refractivity contribution in [2.75, 3.05) is 5.73 Å². The first-order valence-electron chi connectivity index (χ1n) is 3.87. The number of nitrogens with two attached hydrogens (primary N) is 1. The molecule has 0 bridgehead atoms. The Morgan fingerprint density at radius 1 is 1.73 bits per heavy atom. The number of anilines is 1. The second kappa shape index (κ2) is 2.54. The lowest BCUT2D eigenvalue weighted by Gasteiger charge is -1.99. The van der Waals surface area contributed by atoms with Crippen LogP contribution < -0.4 is 11.1 Å². The number of rotatable bonds is 3. The van der Waals surface area contributed by atoms with Crippen molar-refractivity contribution in [3.8, 4) is 0 Å². The van der Waals surface area contributed by atoms with Crippen LogP contribution in [0.3, 0.4) is 0 Å². The molecule has 0 radical (unpaired) electrons. The average Bonchev–Trinajstić information content (AvgIpc) is 2.73. The molecule has 60 valence electrons. The summed E-state index contributed by atoms with van der Waals surface area (Å²) in [5.74, 6) is 0.679. The molecule has 4 heteroatoms. The number of aromatic amines is 1. The van der Waals surface area contributed by atoms with E-state index in [9.17, 15) is 0 Å². The molecular formula is C7H12N4. The number of nitrogen functional groups attached to an aromatic ring is 1. The molecule has 0 atom stereocenters. The Morgan fingerprint density at radius 2 is 2.55 bits per heavy atom. The number of aromatic nitrogens is 2. The number of hydrogen-bond acceptors (Lipinski definition) is 3. The maximum Gasteiger partial charge on any atom is 0.123 e. The highest BCUT2D eigenvalue weighted by molar-refractivity contribution is 5.36. The fourth-order valence-corrected chi connectivity index (χ4v) is 1.00. The van der Waals surface area contributed by atoms with Crippen molar-refractivity contribution in [1.82, 2.24) is 15.5 Å². The predicted molar refractivity (Wildman–Crippen MR) is 42.9 cm³/mol. The normalized spacial score (nSPS) is 17.1. The minimum absolute atomic E-state index is 0.679. The second-order valence-corrected chi connectivity index (χ2v) is 2.96. The van der Waals surface area contributed by atoms with E-state index >= 15 is 0 Å². The Hall–Kier alpha value is -1.03. The van der Waals surface area contributed by atoms with Crippen LogP contribution in [-0.2, 0) is 6.54 Å². The Labute approximate surface area is 65.2 Å². The summed E-state index contributed by atoms with van der Waals surface area (Å²) in [5.41, 5.74) is 6.66. The standard InChI is InChI=1S/C7H12N4/c8-7-5(4-10-11-7)3-9-6-1-2-6/h4,6,9H,1-3H2,(H3,8,10,11). The van der Waals surface area contributed by atoms with Crippen LogP contribution in [0.2, 0.25) is 0 Å². The summed E-state index contributed by atoms with van der Waals surface area (Å²) in [4.78, 5) is 0. The van der Waals surface area contributed by atoms with Gasteiger partial charge in [-0.25, -0.2) is 0 Å². The molecule has 0 aromatic carbocycles. The van der Waals surface area contributed by atoms with E-state index in [-0.39, 0.29) is 0 Å². The van der Waals surface area contributed by atoms with Gasteiger partial charge < -0.3 is 11.1 Å². The summed E-state index contributed by atoms with van der Waals surface area (Å²) in [5, 5.41) is 9.89. The largest absolute Gasteiger partial charge is 0.384 e. The van der Waals surface area contributed by atoms with E-state index in [1.54, 1.807) is 6.20 Å². The summed E-state index contributed by atoms with van der Waals surface area (Å²) in [6.45, 7) is 0.840. The lowest BCUT2D eigenvalue weighted by atomic mass is 10.3. The van der Waals surface area contributed by atoms with Crippen molar-refractivity contribution < 1.29 is 0 Å². The molecule has 4 nitrogen and oxygen atoms in total. The highest BCUT2D eigenvalue weighted by Crippen LogP contribution is 2.19. The first kappa shape index (κ1) is 6.67. The lowest BCUT2D eigenvalue weighted by Crippen LogP contribution is -2.15. The first-order valence-corrected chi connectivity index (χ1v) is 3.87. The van der Waals surface area contributed by atoms with E-state index < -0.39 is 0 Å². The summed E-state index contributed by atoms with van der Waals surface area (Å²) < 4.78 is 0. The van der Waals surface area contributed by atoms with Crippen LogP contribution in [0.15, 0.2) is 6.20 Å². The van der Waals surface area contributed by atoms with E-state index in [1.807, 2.05) is 0 Å². The molecule has 4 N–H and O–H groups in total. The zero-order valence-electron chi connectivity index (χ0n) is 6.30. The Balaban J connectivity index is 1.89. The molecule has 11 heavy (non-hydrogen) atoms. The molecule has 1 saturated carbocycles. The van der Waals surface area contributed by atoms with Crippen LogP contribution >= 0.6 is 0 Å². The molecule has 0 unspecified atom stereocenters. The minimum atomic E-state index is 0.679. The highest BCUT2D eigenvalue weighted by Gasteiger charge is 2.20. The van der Waals surface area contributed by atoms with E-state index in [2.05, 4.69) is 15.5 Å². The van der Waals surface area contributed by atoms with E-state index in [0.29, 0.717) is 5.82 Å². The maximum absolute atomic E-state index is 5.59. The molecule has 0 spiro atoms. The van der Waals surface area contributed by atoms with Crippen LogP contribution in [0.5, 0.6) is 0 Å². The topological polar surface area (TPSA) is 66.7 Å². The summed E-state index contributed by atoms with van der Waals surface area (Å²) in [7, 11) is 0. The molecule has 0 saturated heterocycles. The van der Waals surface area contributed by atoms with Crippen molar-refractivity contribution in [1.29, 1.82) is 0 Å². The maximum atomic E-state index is 5.59. The molecule has 1 aromatic heterocycles. The average molecular weight is 152 g/mol. The lowest BCUT2D eigenvalue weighted by molar-refractivity contribution is 0.689. The molecule has 0 amide bonds. The third-order valence-electron chi connectivity index (χ3n) is 1.91. The number of hydrogen-bond donors (Lipinski definition) is 3. The van der Waals surface area contributed by atoms with Crippen molar-refractivity contribution in [2.24, 2.45) is 0 Å². The Bertz CT molecular complexity index is 238. The third kappa shape index (κ3) is 1.51. The fraction of sp³-hybridized carbons (Fsp3) is 0.571. The fourth-order valence-electron chi connectivity index (χ4n) is 1.00. The van der Waals surface area contributed by atoms with Gasteiger partial charge in [-0.2, -0.15) is 5.10 Å². The van der Waals surface area contributed by atoms with Crippen LogP contribution in [0.4, 0.5) is 5.82 Å². The zero-order chi connectivity index (χ0) is 7.68. The van der Waals surface area contributed by atoms with Gasteiger partial charge >= 0.3 is 0 Å². The van der Waals surface area contributed by atoms with Crippen LogP contribution in [0.1, 0.15) is 18.4 Å². The third-order valence-corrected chi connectivity index (χ3v) is 1.91. The molecular weight excluding hydrogens is 140 g/mol. The molecule has 1 aliphatic rings. The first-order chi connectivity index (χ1) is 5.36. The minimum Gasteiger partial charge on any atom is -0.384 e. The SMILES string of the molecule is Nc1[nH]ncc1CNC1CC1. The second-order valence-electron chi connectivity index (χ2n) is 2.96. The molecule has 0 aliphatic heterocycles. The van der Waals surface area contributed by atoms with E-state index in [0.717, 1.165) is 18.2 Å². The van der Waals surface area contributed by atoms with Gasteiger partial charge in [0.2, 0.25) is 0 Å². The van der Waals surface area contributed by atoms with Crippen molar-refractivity contribution in [3.63, 3.8) is 0 Å². The van der Waals surface area contributed by atoms with Crippen LogP contribution in [0, 0.1) is 0 Å². The van der Waals surface area contributed by atoms with Crippen LogP contribution in [0.25, 0.3) is 0 Å². The van der Waals surface area contributed by atoms with Gasteiger partial charge in [0.25, 0.3) is 0 Å². The quantitative estimate of drug-likeness (QED) is 0.581. The van der Waals surface area contributed by atoms with Crippen LogP contribution in [-0.4, -0.2) is 16.2 Å². The molecule has 1 fully saturated rings. The van der Waals surface area contributed by atoms with Crippen molar-refractivity contribution in [2.45, 2.75) is 25.4 Å². The summed E-state index contributed by atoms with van der Waals surface area (Å²) in [6, 6.07) is 0.726. The molecule has 1 aliphatic carbocycles. The van der Waals surface area contributed by atoms with Gasteiger partial charge in [0.05, 0.1) is 6.20 Å². The number of H-pyrrole nitrogens is 1. The smallest absolute Gasteiger partial charge is 0.123 e. The monoisotopic (exact) mass is 152 g/mol. The van der Waals surface area contributed by atoms with Gasteiger partial charge in [0.1, 0.15) is 5.82 Å². The van der Waals surface area contributed by atoms with Crippen molar-refractivity contribution >= 4 is 5.82 Å². The van der Waals surface area contributed by atoms with Crippen molar-refractivity contribution in [3.05, 3.63) is 11.8 Å². The Morgan fingerprint density at radius 3 is 3.09 bits per heavy atom. The number of nitrogens with zero attached hydrogens (tertiary/aromatic N) is 1. The number of nitrogens with one attached hydrogen (secondary N) is 2. The Kier molecular flexibility index (Phi) is 1.54. The van der Waals surface area contributed by atoms with E-state index in [4.69, 9.17) is 5.73 Å². The zero-order valence-corrected chi connectivity index (χ0v) is 6.30. The van der Waals surface area contributed by atoms with Gasteiger partial charge in [-0.15, -0.1) is 0 Å². The van der Waals surface area contributed by atoms with Gasteiger partial charge in [-0.05, 0) is 12.8 Å². The van der Waals surface area contributed by atoms with Gasteiger partial charge in [-0.3, -0.25) is 5.10 Å². The predicted octanol–water partition coefficient (Wildman–Crippen LogP) is 0.244. The summed E-state index contributed by atoms with van der Waals surface area (Å²) >= 11 is 0. The van der Waals surface area contributed by atoms with E-state index in [1.165, 1.54) is 12.8 Å². The van der Waals surface area contributed by atoms with Gasteiger partial charge in [-0.1, -0.05) is 0 Å². The summed E-state index contributed by atoms with van der Waals surface area (Å²) in [6.07, 6.45) is 4.38.